The van der Waals surface area contributed by atoms with Crippen LogP contribution >= 0.6 is 0 Å². The predicted molar refractivity (Wildman–Crippen MR) is 66.2 cm³/mol. The van der Waals surface area contributed by atoms with Gasteiger partial charge in [-0.25, -0.2) is 8.42 Å². The molecule has 18 heavy (non-hydrogen) atoms. The monoisotopic (exact) mass is 273 g/mol. The third-order valence-electron chi connectivity index (χ3n) is 3.49. The van der Waals surface area contributed by atoms with Gasteiger partial charge in [0.1, 0.15) is 10.6 Å². The average molecular weight is 273 g/mol. The van der Waals surface area contributed by atoms with Crippen LogP contribution in [0.3, 0.4) is 0 Å². The fourth-order valence-electron chi connectivity index (χ4n) is 2.41. The van der Waals surface area contributed by atoms with Crippen molar-refractivity contribution in [1.82, 2.24) is 9.46 Å². The molecule has 1 aromatic rings. The first kappa shape index (κ1) is 13.5. The van der Waals surface area contributed by atoms with Gasteiger partial charge in [-0.3, -0.25) is 0 Å². The fraction of sp³-hybridized carbons (Fsp3) is 0.727. The number of hydrogen-bond donors (Lipinski definition) is 1. The molecule has 1 aromatic heterocycles. The van der Waals surface area contributed by atoms with Crippen LogP contribution in [0, 0.1) is 19.8 Å². The van der Waals surface area contributed by atoms with Crippen molar-refractivity contribution in [2.24, 2.45) is 11.7 Å². The Morgan fingerprint density at radius 1 is 1.44 bits per heavy atom. The van der Waals surface area contributed by atoms with Crippen LogP contribution in [0.15, 0.2) is 9.42 Å². The maximum absolute atomic E-state index is 12.6. The second-order valence-electron chi connectivity index (χ2n) is 4.88. The molecule has 102 valence electrons. The second kappa shape index (κ2) is 4.64. The molecule has 6 nitrogen and oxygen atoms in total. The molecule has 2 atom stereocenters. The zero-order valence-corrected chi connectivity index (χ0v) is 11.7. The molecule has 0 bridgehead atoms. The zero-order valence-electron chi connectivity index (χ0n) is 10.9. The molecule has 0 radical (unpaired) electrons. The number of rotatable bonds is 2. The number of hydrogen-bond acceptors (Lipinski definition) is 5. The molecule has 2 unspecified atom stereocenters. The quantitative estimate of drug-likeness (QED) is 0.868. The number of piperidine rings is 1. The Kier molecular flexibility index (Phi) is 3.48. The molecule has 1 fully saturated rings. The molecule has 1 aliphatic rings. The largest absolute Gasteiger partial charge is 0.360 e. The highest BCUT2D eigenvalue weighted by molar-refractivity contribution is 7.89. The maximum Gasteiger partial charge on any atom is 0.249 e. The van der Waals surface area contributed by atoms with Crippen molar-refractivity contribution in [2.45, 2.75) is 44.7 Å². The summed E-state index contributed by atoms with van der Waals surface area (Å²) in [7, 11) is -3.61. The first-order chi connectivity index (χ1) is 8.35. The van der Waals surface area contributed by atoms with E-state index in [1.807, 2.05) is 6.92 Å². The van der Waals surface area contributed by atoms with E-state index in [0.717, 1.165) is 12.8 Å². The van der Waals surface area contributed by atoms with Gasteiger partial charge in [-0.15, -0.1) is 0 Å². The van der Waals surface area contributed by atoms with Crippen LogP contribution in [-0.2, 0) is 10.0 Å². The molecule has 1 saturated heterocycles. The van der Waals surface area contributed by atoms with E-state index in [1.54, 1.807) is 13.8 Å². The lowest BCUT2D eigenvalue weighted by Crippen LogP contribution is -2.52. The van der Waals surface area contributed by atoms with Gasteiger partial charge in [-0.1, -0.05) is 12.1 Å². The zero-order chi connectivity index (χ0) is 13.5. The summed E-state index contributed by atoms with van der Waals surface area (Å²) in [4.78, 5) is 0.159. The maximum atomic E-state index is 12.6. The van der Waals surface area contributed by atoms with Crippen molar-refractivity contribution in [3.8, 4) is 0 Å². The molecular formula is C11H19N3O3S. The minimum atomic E-state index is -3.61. The van der Waals surface area contributed by atoms with Gasteiger partial charge >= 0.3 is 0 Å². The molecule has 0 spiro atoms. The van der Waals surface area contributed by atoms with Gasteiger partial charge in [0.15, 0.2) is 5.76 Å². The summed E-state index contributed by atoms with van der Waals surface area (Å²) in [5.41, 5.74) is 6.40. The van der Waals surface area contributed by atoms with Crippen molar-refractivity contribution in [2.75, 3.05) is 6.54 Å². The van der Waals surface area contributed by atoms with E-state index in [9.17, 15) is 8.42 Å². The van der Waals surface area contributed by atoms with Crippen LogP contribution in [0.5, 0.6) is 0 Å². The number of nitrogens with zero attached hydrogens (tertiary/aromatic N) is 2. The van der Waals surface area contributed by atoms with Crippen LogP contribution < -0.4 is 5.73 Å². The van der Waals surface area contributed by atoms with Gasteiger partial charge in [-0.2, -0.15) is 4.31 Å². The van der Waals surface area contributed by atoms with Crippen LogP contribution in [0.25, 0.3) is 0 Å². The Morgan fingerprint density at radius 2 is 2.11 bits per heavy atom. The summed E-state index contributed by atoms with van der Waals surface area (Å²) in [5.74, 6) is 0.479. The molecule has 0 amide bonds. The average Bonchev–Trinajstić information content (AvgIpc) is 2.62. The highest BCUT2D eigenvalue weighted by atomic mass is 32.2. The van der Waals surface area contributed by atoms with Gasteiger partial charge in [0.2, 0.25) is 10.0 Å². The fourth-order valence-corrected chi connectivity index (χ4v) is 4.36. The van der Waals surface area contributed by atoms with E-state index in [2.05, 4.69) is 5.16 Å². The standard InChI is InChI=1S/C11H19N3O3S/c1-7-5-4-6-14(11(7)12)18(15,16)10-8(2)13-17-9(10)3/h7,11H,4-6,12H2,1-3H3. The van der Waals surface area contributed by atoms with Crippen molar-refractivity contribution in [3.63, 3.8) is 0 Å². The Hall–Kier alpha value is -0.920. The molecule has 2 rings (SSSR count). The first-order valence-electron chi connectivity index (χ1n) is 6.06. The van der Waals surface area contributed by atoms with Gasteiger partial charge in [0.05, 0.1) is 6.17 Å². The third-order valence-corrected chi connectivity index (χ3v) is 5.63. The second-order valence-corrected chi connectivity index (χ2v) is 6.71. The number of nitrogens with two attached hydrogens (primary N) is 1. The van der Waals surface area contributed by atoms with Crippen LogP contribution in [0.2, 0.25) is 0 Å². The normalized spacial score (nSPS) is 26.4. The molecule has 0 saturated carbocycles. The Bertz CT molecular complexity index is 518. The van der Waals surface area contributed by atoms with Crippen LogP contribution in [0.4, 0.5) is 0 Å². The van der Waals surface area contributed by atoms with Crippen molar-refractivity contribution in [1.29, 1.82) is 0 Å². The van der Waals surface area contributed by atoms with Crippen LogP contribution in [-0.4, -0.2) is 30.6 Å². The lowest BCUT2D eigenvalue weighted by atomic mass is 9.99. The number of sulfonamides is 1. The summed E-state index contributed by atoms with van der Waals surface area (Å²) in [6.45, 7) is 5.66. The van der Waals surface area contributed by atoms with Gasteiger partial charge in [0.25, 0.3) is 0 Å². The SMILES string of the molecule is Cc1noc(C)c1S(=O)(=O)N1CCCC(C)C1N. The van der Waals surface area contributed by atoms with E-state index in [0.29, 0.717) is 18.0 Å². The summed E-state index contributed by atoms with van der Waals surface area (Å²) in [6.07, 6.45) is 1.31. The van der Waals surface area contributed by atoms with E-state index >= 15 is 0 Å². The lowest BCUT2D eigenvalue weighted by molar-refractivity contribution is 0.192. The molecule has 1 aliphatic heterocycles. The van der Waals surface area contributed by atoms with Crippen molar-refractivity contribution in [3.05, 3.63) is 11.5 Å². The number of aryl methyl sites for hydroxylation is 2. The predicted octanol–water partition coefficient (Wildman–Crippen LogP) is 0.997. The highest BCUT2D eigenvalue weighted by Crippen LogP contribution is 2.29. The smallest absolute Gasteiger partial charge is 0.249 e. The molecule has 2 N–H and O–H groups in total. The first-order valence-corrected chi connectivity index (χ1v) is 7.50. The van der Waals surface area contributed by atoms with E-state index in [-0.39, 0.29) is 10.8 Å². The summed E-state index contributed by atoms with van der Waals surface area (Å²) < 4.78 is 31.5. The van der Waals surface area contributed by atoms with E-state index < -0.39 is 16.2 Å². The van der Waals surface area contributed by atoms with Gasteiger partial charge in [0, 0.05) is 6.54 Å². The number of aromatic nitrogens is 1. The molecule has 0 aliphatic carbocycles. The molecule has 2 heterocycles. The molecule has 0 aromatic carbocycles. The van der Waals surface area contributed by atoms with Gasteiger partial charge < -0.3 is 10.3 Å². The Balaban J connectivity index is 2.43. The third kappa shape index (κ3) is 2.06. The minimum absolute atomic E-state index is 0.159. The van der Waals surface area contributed by atoms with E-state index in [1.165, 1.54) is 4.31 Å². The Labute approximate surface area is 107 Å². The summed E-state index contributed by atoms with van der Waals surface area (Å²) in [5, 5.41) is 3.70. The summed E-state index contributed by atoms with van der Waals surface area (Å²) >= 11 is 0. The van der Waals surface area contributed by atoms with Crippen LogP contribution in [0.1, 0.15) is 31.2 Å². The highest BCUT2D eigenvalue weighted by Gasteiger charge is 2.38. The summed E-state index contributed by atoms with van der Waals surface area (Å²) in [6, 6.07) is 0. The topological polar surface area (TPSA) is 89.4 Å². The lowest BCUT2D eigenvalue weighted by Gasteiger charge is -2.36. The van der Waals surface area contributed by atoms with E-state index in [4.69, 9.17) is 10.3 Å². The van der Waals surface area contributed by atoms with Gasteiger partial charge in [-0.05, 0) is 32.6 Å². The van der Waals surface area contributed by atoms with Crippen molar-refractivity contribution >= 4 is 10.0 Å². The van der Waals surface area contributed by atoms with Crippen molar-refractivity contribution < 1.29 is 12.9 Å². The Morgan fingerprint density at radius 3 is 2.67 bits per heavy atom. The minimum Gasteiger partial charge on any atom is -0.360 e. The molecule has 7 heteroatoms. The molecular weight excluding hydrogens is 254 g/mol.